The fourth-order valence-corrected chi connectivity index (χ4v) is 3.90. The summed E-state index contributed by atoms with van der Waals surface area (Å²) in [5.41, 5.74) is 6.88. The molecule has 3 amide bonds. The van der Waals surface area contributed by atoms with E-state index in [4.69, 9.17) is 9.47 Å². The molecule has 0 spiro atoms. The van der Waals surface area contributed by atoms with Crippen LogP contribution in [0.4, 0.5) is 15.8 Å². The van der Waals surface area contributed by atoms with Gasteiger partial charge in [-0.05, 0) is 86.3 Å². The minimum atomic E-state index is -0.426. The number of nitrogens with one attached hydrogen (secondary N) is 3. The first-order valence-electron chi connectivity index (χ1n) is 13.5. The molecule has 220 valence electrons. The zero-order valence-corrected chi connectivity index (χ0v) is 24.0. The first-order valence-corrected chi connectivity index (χ1v) is 13.5. The van der Waals surface area contributed by atoms with Gasteiger partial charge in [-0.15, -0.1) is 6.58 Å². The van der Waals surface area contributed by atoms with Crippen molar-refractivity contribution in [3.63, 3.8) is 0 Å². The molecular formula is C32H35FN4O5. The van der Waals surface area contributed by atoms with Crippen molar-refractivity contribution in [3.05, 3.63) is 95.3 Å². The molecule has 0 fully saturated rings. The van der Waals surface area contributed by atoms with Gasteiger partial charge in [0.15, 0.2) is 18.1 Å². The normalized spacial score (nSPS) is 10.7. The van der Waals surface area contributed by atoms with E-state index in [1.165, 1.54) is 30.5 Å². The van der Waals surface area contributed by atoms with E-state index in [-0.39, 0.29) is 25.4 Å². The van der Waals surface area contributed by atoms with E-state index in [0.717, 1.165) is 16.8 Å². The summed E-state index contributed by atoms with van der Waals surface area (Å²) in [6.45, 7) is 9.48. The van der Waals surface area contributed by atoms with E-state index in [1.54, 1.807) is 18.2 Å². The Hall–Kier alpha value is -4.99. The highest BCUT2D eigenvalue weighted by molar-refractivity contribution is 5.94. The van der Waals surface area contributed by atoms with Crippen molar-refractivity contribution in [2.75, 3.05) is 23.8 Å². The monoisotopic (exact) mass is 574 g/mol. The molecule has 0 aliphatic carbocycles. The van der Waals surface area contributed by atoms with Gasteiger partial charge in [0, 0.05) is 29.8 Å². The zero-order chi connectivity index (χ0) is 30.5. The van der Waals surface area contributed by atoms with Gasteiger partial charge in [0.05, 0.1) is 12.8 Å². The predicted molar refractivity (Wildman–Crippen MR) is 162 cm³/mol. The van der Waals surface area contributed by atoms with E-state index in [9.17, 15) is 18.8 Å². The number of aryl methyl sites for hydroxylation is 2. The SMILES string of the molecule is C=CCc1cc(C=NNC(=O)CCC(=O)Nc2cc(C)ccc2C)cc(OCC)c1OCC(=O)Nc1ccc(F)cc1. The third-order valence-electron chi connectivity index (χ3n) is 5.94. The molecule has 0 saturated carbocycles. The molecule has 10 heteroatoms. The summed E-state index contributed by atoms with van der Waals surface area (Å²) in [5, 5.41) is 9.50. The molecule has 3 rings (SSSR count). The Morgan fingerprint density at radius 1 is 0.929 bits per heavy atom. The van der Waals surface area contributed by atoms with E-state index < -0.39 is 17.6 Å². The van der Waals surface area contributed by atoms with Gasteiger partial charge >= 0.3 is 0 Å². The number of hydrazone groups is 1. The van der Waals surface area contributed by atoms with Gasteiger partial charge in [0.2, 0.25) is 11.8 Å². The van der Waals surface area contributed by atoms with Crippen molar-refractivity contribution < 1.29 is 28.2 Å². The van der Waals surface area contributed by atoms with Crippen LogP contribution < -0.4 is 25.5 Å². The summed E-state index contributed by atoms with van der Waals surface area (Å²) in [6, 6.07) is 14.6. The number of hydrogen-bond acceptors (Lipinski definition) is 6. The van der Waals surface area contributed by atoms with Crippen LogP contribution in [0.1, 0.15) is 42.0 Å². The molecule has 0 unspecified atom stereocenters. The lowest BCUT2D eigenvalue weighted by molar-refractivity contribution is -0.124. The molecule has 3 aromatic carbocycles. The molecule has 0 aliphatic heterocycles. The molecule has 0 heterocycles. The largest absolute Gasteiger partial charge is 0.490 e. The quantitative estimate of drug-likeness (QED) is 0.134. The van der Waals surface area contributed by atoms with Crippen molar-refractivity contribution in [2.24, 2.45) is 5.10 Å². The lowest BCUT2D eigenvalue weighted by atomic mass is 10.1. The van der Waals surface area contributed by atoms with Crippen LogP contribution in [-0.2, 0) is 20.8 Å². The minimum Gasteiger partial charge on any atom is -0.490 e. The summed E-state index contributed by atoms with van der Waals surface area (Å²) in [7, 11) is 0. The second-order valence-corrected chi connectivity index (χ2v) is 9.44. The topological polar surface area (TPSA) is 118 Å². The van der Waals surface area contributed by atoms with Gasteiger partial charge in [-0.3, -0.25) is 14.4 Å². The third kappa shape index (κ3) is 9.88. The van der Waals surface area contributed by atoms with Crippen LogP contribution in [-0.4, -0.2) is 37.1 Å². The fraction of sp³-hybridized carbons (Fsp3) is 0.250. The fourth-order valence-electron chi connectivity index (χ4n) is 3.90. The van der Waals surface area contributed by atoms with Crippen molar-refractivity contribution >= 4 is 35.3 Å². The second kappa shape index (κ2) is 15.7. The second-order valence-electron chi connectivity index (χ2n) is 9.44. The van der Waals surface area contributed by atoms with Gasteiger partial charge in [-0.25, -0.2) is 9.82 Å². The molecule has 0 bridgehead atoms. The average molecular weight is 575 g/mol. The third-order valence-corrected chi connectivity index (χ3v) is 5.94. The molecule has 42 heavy (non-hydrogen) atoms. The Balaban J connectivity index is 1.60. The van der Waals surface area contributed by atoms with Gasteiger partial charge in [-0.1, -0.05) is 18.2 Å². The number of hydrogen-bond donors (Lipinski definition) is 3. The Morgan fingerprint density at radius 3 is 2.38 bits per heavy atom. The molecule has 3 N–H and O–H groups in total. The number of carbonyl (C=O) groups is 3. The minimum absolute atomic E-state index is 0.00742. The molecule has 0 aromatic heterocycles. The van der Waals surface area contributed by atoms with E-state index in [2.05, 4.69) is 27.7 Å². The number of benzene rings is 3. The number of amides is 3. The lowest BCUT2D eigenvalue weighted by Gasteiger charge is -2.16. The van der Waals surface area contributed by atoms with Gasteiger partial charge in [0.25, 0.3) is 5.91 Å². The Labute approximate surface area is 244 Å². The van der Waals surface area contributed by atoms with Crippen molar-refractivity contribution in [3.8, 4) is 11.5 Å². The number of ether oxygens (including phenoxy) is 2. The zero-order valence-electron chi connectivity index (χ0n) is 24.0. The molecule has 0 atom stereocenters. The highest BCUT2D eigenvalue weighted by atomic mass is 19.1. The van der Waals surface area contributed by atoms with Crippen LogP contribution in [0.15, 0.2) is 72.4 Å². The van der Waals surface area contributed by atoms with Crippen LogP contribution in [0.5, 0.6) is 11.5 Å². The highest BCUT2D eigenvalue weighted by Crippen LogP contribution is 2.33. The molecule has 3 aromatic rings. The number of allylic oxidation sites excluding steroid dienone is 1. The maximum atomic E-state index is 13.1. The lowest BCUT2D eigenvalue weighted by Crippen LogP contribution is -2.21. The van der Waals surface area contributed by atoms with Crippen LogP contribution in [0, 0.1) is 19.7 Å². The number of nitrogens with zero attached hydrogens (tertiary/aromatic N) is 1. The number of anilines is 2. The first kappa shape index (κ1) is 31.5. The highest BCUT2D eigenvalue weighted by Gasteiger charge is 2.15. The summed E-state index contributed by atoms with van der Waals surface area (Å²) < 4.78 is 24.7. The average Bonchev–Trinajstić information content (AvgIpc) is 2.95. The van der Waals surface area contributed by atoms with Crippen LogP contribution in [0.3, 0.4) is 0 Å². The predicted octanol–water partition coefficient (Wildman–Crippen LogP) is 5.46. The van der Waals surface area contributed by atoms with Gasteiger partial charge in [-0.2, -0.15) is 5.10 Å². The Kier molecular flexibility index (Phi) is 11.8. The smallest absolute Gasteiger partial charge is 0.262 e. The van der Waals surface area contributed by atoms with Crippen molar-refractivity contribution in [1.82, 2.24) is 5.43 Å². The summed E-state index contributed by atoms with van der Waals surface area (Å²) in [6.07, 6.45) is 3.52. The number of carbonyl (C=O) groups excluding carboxylic acids is 3. The Morgan fingerprint density at radius 2 is 1.67 bits per heavy atom. The van der Waals surface area contributed by atoms with E-state index in [0.29, 0.717) is 41.3 Å². The van der Waals surface area contributed by atoms with Crippen LogP contribution >= 0.6 is 0 Å². The van der Waals surface area contributed by atoms with Gasteiger partial charge < -0.3 is 20.1 Å². The van der Waals surface area contributed by atoms with Crippen LogP contribution in [0.25, 0.3) is 0 Å². The van der Waals surface area contributed by atoms with E-state index >= 15 is 0 Å². The molecular weight excluding hydrogens is 539 g/mol. The number of halogens is 1. The first-order chi connectivity index (χ1) is 20.2. The van der Waals surface area contributed by atoms with E-state index in [1.807, 2.05) is 39.0 Å². The summed E-state index contributed by atoms with van der Waals surface area (Å²) in [5.74, 6) is -0.737. The standard InChI is InChI=1S/C32H35FN4O5/c1-5-7-24-17-23(19-34-37-30(39)15-14-29(38)36-27-16-21(3)8-9-22(27)4)18-28(41-6-2)32(24)42-20-31(40)35-26-12-10-25(33)11-13-26/h5,8-13,16-19H,1,6-7,14-15,20H2,2-4H3,(H,35,40)(H,36,38)(H,37,39). The van der Waals surface area contributed by atoms with Gasteiger partial charge in [0.1, 0.15) is 5.82 Å². The maximum Gasteiger partial charge on any atom is 0.262 e. The summed E-state index contributed by atoms with van der Waals surface area (Å²) >= 11 is 0. The molecule has 0 aliphatic rings. The molecule has 0 radical (unpaired) electrons. The van der Waals surface area contributed by atoms with Crippen molar-refractivity contribution in [1.29, 1.82) is 0 Å². The molecule has 0 saturated heterocycles. The van der Waals surface area contributed by atoms with Crippen LogP contribution in [0.2, 0.25) is 0 Å². The molecule has 9 nitrogen and oxygen atoms in total. The maximum absolute atomic E-state index is 13.1. The number of rotatable bonds is 14. The summed E-state index contributed by atoms with van der Waals surface area (Å²) in [4.78, 5) is 37.0. The van der Waals surface area contributed by atoms with Crippen molar-refractivity contribution in [2.45, 2.75) is 40.0 Å². The Bertz CT molecular complexity index is 1450.